The molecule has 0 aliphatic heterocycles. The summed E-state index contributed by atoms with van der Waals surface area (Å²) < 4.78 is 1.61. The third kappa shape index (κ3) is 4.13. The molecule has 20 heavy (non-hydrogen) atoms. The van der Waals surface area contributed by atoms with E-state index in [1.54, 1.807) is 48.3 Å². The molecule has 2 aromatic rings. The van der Waals surface area contributed by atoms with E-state index in [0.717, 1.165) is 0 Å². The van der Waals surface area contributed by atoms with Gasteiger partial charge in [0.1, 0.15) is 5.82 Å². The number of aromatic nitrogens is 2. The van der Waals surface area contributed by atoms with Crippen LogP contribution in [0.2, 0.25) is 0 Å². The van der Waals surface area contributed by atoms with Crippen molar-refractivity contribution in [3.8, 4) is 0 Å². The number of carbonyl (C=O) groups is 2. The molecular weight excluding hydrogens is 258 g/mol. The maximum Gasteiger partial charge on any atom is 0.325 e. The van der Waals surface area contributed by atoms with E-state index >= 15 is 0 Å². The van der Waals surface area contributed by atoms with E-state index in [0.29, 0.717) is 11.5 Å². The van der Waals surface area contributed by atoms with E-state index in [4.69, 9.17) is 0 Å². The van der Waals surface area contributed by atoms with Crippen LogP contribution in [0.5, 0.6) is 0 Å². The largest absolute Gasteiger partial charge is 0.360 e. The number of nitrogens with zero attached hydrogens (tertiary/aromatic N) is 2. The fourth-order valence-corrected chi connectivity index (χ4v) is 1.53. The maximum atomic E-state index is 11.6. The Kier molecular flexibility index (Phi) is 4.33. The molecule has 7 nitrogen and oxygen atoms in total. The molecule has 1 heterocycles. The summed E-state index contributed by atoms with van der Waals surface area (Å²) in [6.07, 6.45) is 1.75. The fourth-order valence-electron chi connectivity index (χ4n) is 1.53. The van der Waals surface area contributed by atoms with Crippen LogP contribution in [0.15, 0.2) is 42.6 Å². The van der Waals surface area contributed by atoms with Crippen molar-refractivity contribution in [1.82, 2.24) is 15.1 Å². The van der Waals surface area contributed by atoms with Gasteiger partial charge >= 0.3 is 6.03 Å². The van der Waals surface area contributed by atoms with Gasteiger partial charge in [-0.3, -0.25) is 14.8 Å². The number of nitrogens with one attached hydrogen (secondary N) is 3. The predicted molar refractivity (Wildman–Crippen MR) is 75.3 cm³/mol. The molecule has 0 fully saturated rings. The van der Waals surface area contributed by atoms with Crippen LogP contribution in [-0.2, 0) is 11.8 Å². The summed E-state index contributed by atoms with van der Waals surface area (Å²) in [5.41, 5.74) is 0.621. The molecule has 0 radical (unpaired) electrons. The molecule has 0 saturated carbocycles. The Labute approximate surface area is 116 Å². The van der Waals surface area contributed by atoms with Crippen molar-refractivity contribution in [1.29, 1.82) is 0 Å². The van der Waals surface area contributed by atoms with Gasteiger partial charge in [-0.05, 0) is 12.1 Å². The second-order valence-corrected chi connectivity index (χ2v) is 4.10. The minimum absolute atomic E-state index is 0.0285. The fraction of sp³-hybridized carbons (Fsp3) is 0.154. The zero-order valence-electron chi connectivity index (χ0n) is 11.0. The SMILES string of the molecule is Cn1ccc(NCC(=O)NC(=O)Nc2ccccc2)n1. The Morgan fingerprint density at radius 2 is 1.95 bits per heavy atom. The van der Waals surface area contributed by atoms with Gasteiger partial charge in [-0.1, -0.05) is 18.2 Å². The van der Waals surface area contributed by atoms with E-state index in [-0.39, 0.29) is 6.54 Å². The van der Waals surface area contributed by atoms with Crippen LogP contribution in [0.1, 0.15) is 0 Å². The van der Waals surface area contributed by atoms with Gasteiger partial charge in [0.25, 0.3) is 0 Å². The predicted octanol–water partition coefficient (Wildman–Crippen LogP) is 1.18. The van der Waals surface area contributed by atoms with Gasteiger partial charge in [0.15, 0.2) is 0 Å². The van der Waals surface area contributed by atoms with Crippen LogP contribution in [0.4, 0.5) is 16.3 Å². The van der Waals surface area contributed by atoms with Gasteiger partial charge in [-0.25, -0.2) is 4.79 Å². The number of benzene rings is 1. The molecule has 0 spiro atoms. The zero-order chi connectivity index (χ0) is 14.4. The first-order valence-electron chi connectivity index (χ1n) is 6.03. The van der Waals surface area contributed by atoms with Crippen LogP contribution in [0.3, 0.4) is 0 Å². The molecule has 7 heteroatoms. The van der Waals surface area contributed by atoms with Gasteiger partial charge < -0.3 is 10.6 Å². The molecule has 2 rings (SSSR count). The molecule has 3 amide bonds. The second-order valence-electron chi connectivity index (χ2n) is 4.10. The quantitative estimate of drug-likeness (QED) is 0.780. The van der Waals surface area contributed by atoms with Gasteiger partial charge in [-0.2, -0.15) is 5.10 Å². The molecule has 104 valence electrons. The number of urea groups is 1. The average molecular weight is 273 g/mol. The van der Waals surface area contributed by atoms with Crippen molar-refractivity contribution in [2.75, 3.05) is 17.2 Å². The molecule has 0 bridgehead atoms. The van der Waals surface area contributed by atoms with E-state index in [9.17, 15) is 9.59 Å². The number of aryl methyl sites for hydroxylation is 1. The van der Waals surface area contributed by atoms with Crippen molar-refractivity contribution in [2.24, 2.45) is 7.05 Å². The lowest BCUT2D eigenvalue weighted by molar-refractivity contribution is -0.118. The van der Waals surface area contributed by atoms with Crippen molar-refractivity contribution in [3.63, 3.8) is 0 Å². The number of carbonyl (C=O) groups excluding carboxylic acids is 2. The molecule has 0 aliphatic carbocycles. The lowest BCUT2D eigenvalue weighted by Gasteiger charge is -2.07. The van der Waals surface area contributed by atoms with Gasteiger partial charge in [0.2, 0.25) is 5.91 Å². The normalized spacial score (nSPS) is 9.85. The van der Waals surface area contributed by atoms with E-state index in [1.165, 1.54) is 0 Å². The highest BCUT2D eigenvalue weighted by Gasteiger charge is 2.08. The van der Waals surface area contributed by atoms with Crippen LogP contribution in [0, 0.1) is 0 Å². The summed E-state index contributed by atoms with van der Waals surface area (Å²) in [5.74, 6) is 0.134. The van der Waals surface area contributed by atoms with Crippen molar-refractivity contribution in [2.45, 2.75) is 0 Å². The Bertz CT molecular complexity index is 594. The number of anilines is 2. The van der Waals surface area contributed by atoms with E-state index in [1.807, 2.05) is 6.07 Å². The minimum Gasteiger partial charge on any atom is -0.360 e. The number of rotatable bonds is 4. The van der Waals surface area contributed by atoms with Gasteiger partial charge in [0, 0.05) is 25.0 Å². The Balaban J connectivity index is 1.75. The highest BCUT2D eigenvalue weighted by molar-refractivity contribution is 6.02. The Morgan fingerprint density at radius 1 is 1.20 bits per heavy atom. The summed E-state index contributed by atoms with van der Waals surface area (Å²) in [6.45, 7) is -0.0285. The maximum absolute atomic E-state index is 11.6. The molecule has 0 unspecified atom stereocenters. The average Bonchev–Trinajstić information content (AvgIpc) is 2.83. The van der Waals surface area contributed by atoms with Crippen LogP contribution >= 0.6 is 0 Å². The summed E-state index contributed by atoms with van der Waals surface area (Å²) in [5, 5.41) is 11.6. The number of amides is 3. The number of imide groups is 1. The summed E-state index contributed by atoms with van der Waals surface area (Å²) in [7, 11) is 1.78. The zero-order valence-corrected chi connectivity index (χ0v) is 11.0. The molecule has 0 aliphatic rings. The van der Waals surface area contributed by atoms with Gasteiger partial charge in [-0.15, -0.1) is 0 Å². The molecule has 3 N–H and O–H groups in total. The molecule has 1 aromatic heterocycles. The smallest absolute Gasteiger partial charge is 0.325 e. The molecule has 1 aromatic carbocycles. The van der Waals surface area contributed by atoms with Crippen LogP contribution < -0.4 is 16.0 Å². The minimum atomic E-state index is -0.566. The standard InChI is InChI=1S/C13H15N5O2/c1-18-8-7-11(17-18)14-9-12(19)16-13(20)15-10-5-3-2-4-6-10/h2-8H,9H2,1H3,(H,14,17)(H2,15,16,19,20). The third-order valence-electron chi connectivity index (χ3n) is 2.43. The first kappa shape index (κ1) is 13.6. The van der Waals surface area contributed by atoms with Crippen molar-refractivity contribution < 1.29 is 9.59 Å². The number of para-hydroxylation sites is 1. The molecule has 0 atom stereocenters. The first-order valence-corrected chi connectivity index (χ1v) is 6.03. The topological polar surface area (TPSA) is 88.0 Å². The summed E-state index contributed by atoms with van der Waals surface area (Å²) in [6, 6.07) is 10.1. The molecule has 0 saturated heterocycles. The lowest BCUT2D eigenvalue weighted by atomic mass is 10.3. The second kappa shape index (κ2) is 6.37. The monoisotopic (exact) mass is 273 g/mol. The Morgan fingerprint density at radius 3 is 2.60 bits per heavy atom. The number of hydrogen-bond acceptors (Lipinski definition) is 4. The third-order valence-corrected chi connectivity index (χ3v) is 2.43. The molecular formula is C13H15N5O2. The Hall–Kier alpha value is -2.83. The van der Waals surface area contributed by atoms with Crippen LogP contribution in [0.25, 0.3) is 0 Å². The number of hydrogen-bond donors (Lipinski definition) is 3. The van der Waals surface area contributed by atoms with Crippen molar-refractivity contribution >= 4 is 23.4 Å². The summed E-state index contributed by atoms with van der Waals surface area (Å²) >= 11 is 0. The highest BCUT2D eigenvalue weighted by Crippen LogP contribution is 2.04. The lowest BCUT2D eigenvalue weighted by Crippen LogP contribution is -2.38. The summed E-state index contributed by atoms with van der Waals surface area (Å²) in [4.78, 5) is 23.1. The van der Waals surface area contributed by atoms with Crippen molar-refractivity contribution in [3.05, 3.63) is 42.6 Å². The van der Waals surface area contributed by atoms with Crippen LogP contribution in [-0.4, -0.2) is 28.3 Å². The first-order chi connectivity index (χ1) is 9.63. The van der Waals surface area contributed by atoms with E-state index in [2.05, 4.69) is 21.0 Å². The highest BCUT2D eigenvalue weighted by atomic mass is 16.2. The van der Waals surface area contributed by atoms with Gasteiger partial charge in [0.05, 0.1) is 6.54 Å². The van der Waals surface area contributed by atoms with E-state index < -0.39 is 11.9 Å².